The summed E-state index contributed by atoms with van der Waals surface area (Å²) in [7, 11) is 1.95. The molecule has 2 saturated carbocycles. The summed E-state index contributed by atoms with van der Waals surface area (Å²) in [4.78, 5) is 65.0. The summed E-state index contributed by atoms with van der Waals surface area (Å²) in [5.41, 5.74) is 2.17. The Morgan fingerprint density at radius 2 is 1.61 bits per heavy atom. The minimum atomic E-state index is -0.563. The molecule has 2 aromatic carbocycles. The molecular weight excluding hydrogens is 757 g/mol. The molecule has 2 saturated heterocycles. The number of halogens is 2. The van der Waals surface area contributed by atoms with Crippen LogP contribution < -0.4 is 26.4 Å². The van der Waals surface area contributed by atoms with Gasteiger partial charge in [-0.05, 0) is 94.2 Å². The number of piperazine rings is 1. The quantitative estimate of drug-likeness (QED) is 0.180. The van der Waals surface area contributed by atoms with Crippen molar-refractivity contribution in [2.24, 2.45) is 5.92 Å². The highest BCUT2D eigenvalue weighted by Crippen LogP contribution is 2.33. The van der Waals surface area contributed by atoms with E-state index in [2.05, 4.69) is 35.7 Å². The first kappa shape index (κ1) is 40.1. The highest BCUT2D eigenvalue weighted by molar-refractivity contribution is 6.01. The van der Waals surface area contributed by atoms with E-state index in [-0.39, 0.29) is 59.2 Å². The zero-order chi connectivity index (χ0) is 41.0. The van der Waals surface area contributed by atoms with Gasteiger partial charge in [-0.15, -0.1) is 0 Å². The van der Waals surface area contributed by atoms with Gasteiger partial charge in [0.25, 0.3) is 5.56 Å². The molecule has 13 nitrogen and oxygen atoms in total. The summed E-state index contributed by atoms with van der Waals surface area (Å²) in [6.45, 7) is 3.11. The third-order valence-corrected chi connectivity index (χ3v) is 12.6. The Morgan fingerprint density at radius 3 is 2.34 bits per heavy atom. The minimum absolute atomic E-state index is 0.0413. The van der Waals surface area contributed by atoms with E-state index >= 15 is 8.78 Å². The van der Waals surface area contributed by atoms with Crippen LogP contribution in [0.5, 0.6) is 0 Å². The van der Waals surface area contributed by atoms with Crippen LogP contribution >= 0.6 is 0 Å². The van der Waals surface area contributed by atoms with Crippen LogP contribution in [0.25, 0.3) is 16.9 Å². The molecule has 4 aromatic rings. The Hall–Kier alpha value is -5.70. The molecule has 59 heavy (non-hydrogen) atoms. The predicted octanol–water partition coefficient (Wildman–Crippen LogP) is 5.35. The van der Waals surface area contributed by atoms with Crippen molar-refractivity contribution in [3.05, 3.63) is 95.0 Å². The lowest BCUT2D eigenvalue weighted by Crippen LogP contribution is -2.53. The molecule has 3 amide bonds. The van der Waals surface area contributed by atoms with Gasteiger partial charge in [0, 0.05) is 92.9 Å². The maximum Gasteiger partial charge on any atom is 0.255 e. The van der Waals surface area contributed by atoms with Gasteiger partial charge in [-0.2, -0.15) is 0 Å². The Morgan fingerprint density at radius 1 is 0.831 bits per heavy atom. The van der Waals surface area contributed by atoms with Gasteiger partial charge >= 0.3 is 0 Å². The van der Waals surface area contributed by atoms with Crippen molar-refractivity contribution in [3.63, 3.8) is 0 Å². The predicted molar refractivity (Wildman–Crippen MR) is 221 cm³/mol. The smallest absolute Gasteiger partial charge is 0.255 e. The van der Waals surface area contributed by atoms with Crippen LogP contribution in [0.4, 0.5) is 26.1 Å². The number of hydrogen-bond donors (Lipinski definition) is 3. The van der Waals surface area contributed by atoms with Gasteiger partial charge in [0.15, 0.2) is 5.82 Å². The van der Waals surface area contributed by atoms with E-state index in [1.165, 1.54) is 22.9 Å². The van der Waals surface area contributed by atoms with Crippen molar-refractivity contribution in [2.45, 2.75) is 88.4 Å². The van der Waals surface area contributed by atoms with Gasteiger partial charge in [0.05, 0.1) is 11.9 Å². The van der Waals surface area contributed by atoms with Gasteiger partial charge in [-0.3, -0.25) is 34.0 Å². The Labute approximate surface area is 342 Å². The number of anilines is 3. The first-order valence-electron chi connectivity index (χ1n) is 20.8. The number of piperidine rings is 1. The van der Waals surface area contributed by atoms with Crippen molar-refractivity contribution in [2.75, 3.05) is 48.8 Å². The molecular formula is C44H51F2N9O4. The molecule has 1 unspecified atom stereocenters. The summed E-state index contributed by atoms with van der Waals surface area (Å²) in [5, 5.41) is 8.75. The van der Waals surface area contributed by atoms with Gasteiger partial charge in [-0.25, -0.2) is 18.7 Å². The van der Waals surface area contributed by atoms with Gasteiger partial charge in [0.1, 0.15) is 17.6 Å². The average Bonchev–Trinajstić information content (AvgIpc) is 3.25. The summed E-state index contributed by atoms with van der Waals surface area (Å²) in [6, 6.07) is 17.1. The van der Waals surface area contributed by atoms with E-state index in [0.29, 0.717) is 54.1 Å². The van der Waals surface area contributed by atoms with Crippen LogP contribution in [-0.4, -0.2) is 99.5 Å². The fourth-order valence-corrected chi connectivity index (χ4v) is 9.24. The normalized spacial score (nSPS) is 24.0. The number of hydrogen-bond acceptors (Lipinski definition) is 10. The SMILES string of the molecule is CN(C(=O)[C@H]1CC[C@H](Nc2ncc(F)c(-c3cccc(-n4ccccc4=O)c3)n2)CC1)C1CCC(N2CCN(c3ccc(NC4CCC(=O)NC4=O)cc3F)CC2)CC1. The molecule has 8 rings (SSSR count). The summed E-state index contributed by atoms with van der Waals surface area (Å²) in [6.07, 6.45) is 10.5. The Balaban J connectivity index is 0.776. The second kappa shape index (κ2) is 17.7. The lowest BCUT2D eigenvalue weighted by molar-refractivity contribution is -0.138. The molecule has 2 aliphatic carbocycles. The van der Waals surface area contributed by atoms with Crippen LogP contribution in [0, 0.1) is 17.6 Å². The number of rotatable bonds is 10. The number of imide groups is 1. The maximum atomic E-state index is 15.3. The van der Waals surface area contributed by atoms with Gasteiger partial charge in [-0.1, -0.05) is 18.2 Å². The van der Waals surface area contributed by atoms with E-state index in [4.69, 9.17) is 0 Å². The first-order chi connectivity index (χ1) is 28.6. The zero-order valence-corrected chi connectivity index (χ0v) is 33.3. The van der Waals surface area contributed by atoms with Crippen LogP contribution in [-0.2, 0) is 14.4 Å². The summed E-state index contributed by atoms with van der Waals surface area (Å²) >= 11 is 0. The zero-order valence-electron chi connectivity index (χ0n) is 33.3. The molecule has 0 bridgehead atoms. The molecule has 3 N–H and O–H groups in total. The molecule has 0 spiro atoms. The fourth-order valence-electron chi connectivity index (χ4n) is 9.24. The minimum Gasteiger partial charge on any atom is -0.374 e. The Bertz CT molecular complexity index is 2230. The number of aromatic nitrogens is 3. The molecule has 4 heterocycles. The monoisotopic (exact) mass is 807 g/mol. The third-order valence-electron chi connectivity index (χ3n) is 12.6. The van der Waals surface area contributed by atoms with Crippen molar-refractivity contribution in [1.82, 2.24) is 29.7 Å². The largest absolute Gasteiger partial charge is 0.374 e. The van der Waals surface area contributed by atoms with Crippen molar-refractivity contribution in [3.8, 4) is 16.9 Å². The standard InChI is InChI=1S/C44H51F2N9O4/c1-52(32-13-15-33(16-14-32)53-21-23-54(24-22-53)38-18-12-31(26-35(38)45)48-37-17-19-39(56)50-42(37)58)43(59)28-8-10-30(11-9-28)49-44-47-27-36(46)41(51-44)29-5-4-6-34(25-29)55-20-3-2-7-40(55)57/h2-7,12,18,20,25-28,30,32-33,37,48H,8-11,13-17,19,21-24H2,1H3,(H,47,49,51)(H,50,56,58)/t28-,30-,32?,33?,37?. The fraction of sp³-hybridized carbons (Fsp3) is 0.455. The van der Waals surface area contributed by atoms with Gasteiger partial charge < -0.3 is 20.4 Å². The van der Waals surface area contributed by atoms with Crippen molar-refractivity contribution in [1.29, 1.82) is 0 Å². The van der Waals surface area contributed by atoms with E-state index < -0.39 is 11.9 Å². The highest BCUT2D eigenvalue weighted by Gasteiger charge is 2.35. The summed E-state index contributed by atoms with van der Waals surface area (Å²) in [5.74, 6) is -1.07. The number of carbonyl (C=O) groups is 3. The van der Waals surface area contributed by atoms with Crippen LogP contribution in [0.1, 0.15) is 64.2 Å². The van der Waals surface area contributed by atoms with E-state index in [9.17, 15) is 19.2 Å². The molecule has 1 atom stereocenters. The topological polar surface area (TPSA) is 145 Å². The molecule has 310 valence electrons. The lowest BCUT2D eigenvalue weighted by Gasteiger charge is -2.44. The second-order valence-corrected chi connectivity index (χ2v) is 16.3. The van der Waals surface area contributed by atoms with Crippen LogP contribution in [0.3, 0.4) is 0 Å². The third kappa shape index (κ3) is 9.14. The molecule has 4 fully saturated rings. The van der Waals surface area contributed by atoms with Crippen LogP contribution in [0.15, 0.2) is 77.9 Å². The molecule has 15 heteroatoms. The maximum absolute atomic E-state index is 15.3. The lowest BCUT2D eigenvalue weighted by atomic mass is 9.83. The number of nitrogens with zero attached hydrogens (tertiary/aromatic N) is 6. The van der Waals surface area contributed by atoms with Crippen molar-refractivity contribution >= 4 is 35.0 Å². The number of nitrogens with one attached hydrogen (secondary N) is 3. The van der Waals surface area contributed by atoms with Crippen LogP contribution in [0.2, 0.25) is 0 Å². The van der Waals surface area contributed by atoms with E-state index in [1.54, 1.807) is 54.7 Å². The molecule has 2 aromatic heterocycles. The van der Waals surface area contributed by atoms with E-state index in [0.717, 1.165) is 64.5 Å². The van der Waals surface area contributed by atoms with Crippen molar-refractivity contribution < 1.29 is 23.2 Å². The molecule has 0 radical (unpaired) electrons. The highest BCUT2D eigenvalue weighted by atomic mass is 19.1. The number of benzene rings is 2. The molecule has 2 aliphatic heterocycles. The average molecular weight is 808 g/mol. The number of pyridine rings is 1. The van der Waals surface area contributed by atoms with Gasteiger partial charge in [0.2, 0.25) is 23.7 Å². The molecule has 4 aliphatic rings. The number of amides is 3. The Kier molecular flexibility index (Phi) is 12.0. The number of carbonyl (C=O) groups excluding carboxylic acids is 3. The summed E-state index contributed by atoms with van der Waals surface area (Å²) < 4.78 is 31.8. The van der Waals surface area contributed by atoms with E-state index in [1.807, 2.05) is 11.9 Å². The first-order valence-corrected chi connectivity index (χ1v) is 20.8. The second-order valence-electron chi connectivity index (χ2n) is 16.3.